The van der Waals surface area contributed by atoms with Gasteiger partial charge >= 0.3 is 5.97 Å². The Kier molecular flexibility index (Phi) is 5.15. The summed E-state index contributed by atoms with van der Waals surface area (Å²) in [5.74, 6) is -0.763. The van der Waals surface area contributed by atoms with Crippen LogP contribution < -0.4 is 5.73 Å². The van der Waals surface area contributed by atoms with Gasteiger partial charge in [-0.05, 0) is 49.4 Å². The molecule has 0 amide bonds. The van der Waals surface area contributed by atoms with E-state index in [2.05, 4.69) is 28.1 Å². The van der Waals surface area contributed by atoms with Crippen LogP contribution in [0.1, 0.15) is 42.0 Å². The highest BCUT2D eigenvalue weighted by Crippen LogP contribution is 2.26. The lowest BCUT2D eigenvalue weighted by Crippen LogP contribution is -2.12. The van der Waals surface area contributed by atoms with Crippen LogP contribution in [0.2, 0.25) is 0 Å². The molecule has 3 nitrogen and oxygen atoms in total. The summed E-state index contributed by atoms with van der Waals surface area (Å²) in [5, 5.41) is 8.59. The Morgan fingerprint density at radius 3 is 2.65 bits per heavy atom. The van der Waals surface area contributed by atoms with Crippen LogP contribution in [0.4, 0.5) is 0 Å². The molecule has 0 fully saturated rings. The van der Waals surface area contributed by atoms with E-state index in [4.69, 9.17) is 10.8 Å². The number of carboxylic acid groups (broad SMARTS) is 1. The Bertz CT molecular complexity index is 418. The second kappa shape index (κ2) is 6.17. The van der Waals surface area contributed by atoms with E-state index in [1.165, 1.54) is 0 Å². The second-order valence-electron chi connectivity index (χ2n) is 4.35. The standard InChI is InChI=1S/C13H18BrNO2/c1-8-7-11(14)9(2)6-10(8)12(15)4-3-5-13(16)17/h6-7,12H,3-5,15H2,1-2H3,(H,16,17). The van der Waals surface area contributed by atoms with E-state index >= 15 is 0 Å². The van der Waals surface area contributed by atoms with Crippen molar-refractivity contribution < 1.29 is 9.90 Å². The summed E-state index contributed by atoms with van der Waals surface area (Å²) < 4.78 is 1.08. The van der Waals surface area contributed by atoms with Gasteiger partial charge < -0.3 is 10.8 Å². The Morgan fingerprint density at radius 1 is 1.41 bits per heavy atom. The highest BCUT2D eigenvalue weighted by Gasteiger charge is 2.11. The number of nitrogens with two attached hydrogens (primary N) is 1. The van der Waals surface area contributed by atoms with E-state index in [0.717, 1.165) is 21.2 Å². The molecule has 1 unspecified atom stereocenters. The molecule has 3 N–H and O–H groups in total. The van der Waals surface area contributed by atoms with Crippen LogP contribution in [0.5, 0.6) is 0 Å². The molecule has 4 heteroatoms. The first-order chi connectivity index (χ1) is 7.91. The van der Waals surface area contributed by atoms with Gasteiger partial charge in [0.25, 0.3) is 0 Å². The monoisotopic (exact) mass is 299 g/mol. The topological polar surface area (TPSA) is 63.3 Å². The highest BCUT2D eigenvalue weighted by atomic mass is 79.9. The zero-order chi connectivity index (χ0) is 13.0. The summed E-state index contributed by atoms with van der Waals surface area (Å²) in [7, 11) is 0. The number of rotatable bonds is 5. The van der Waals surface area contributed by atoms with Gasteiger partial charge in [-0.1, -0.05) is 22.0 Å². The number of hydrogen-bond acceptors (Lipinski definition) is 2. The first-order valence-electron chi connectivity index (χ1n) is 5.66. The van der Waals surface area contributed by atoms with Crippen LogP contribution in [0, 0.1) is 13.8 Å². The van der Waals surface area contributed by atoms with E-state index < -0.39 is 5.97 Å². The molecule has 17 heavy (non-hydrogen) atoms. The maximum absolute atomic E-state index is 10.4. The third kappa shape index (κ3) is 4.13. The van der Waals surface area contributed by atoms with Gasteiger partial charge in [0, 0.05) is 16.9 Å². The van der Waals surface area contributed by atoms with Crippen molar-refractivity contribution in [3.05, 3.63) is 33.3 Å². The van der Waals surface area contributed by atoms with Crippen LogP contribution >= 0.6 is 15.9 Å². The van der Waals surface area contributed by atoms with Gasteiger partial charge in [0.15, 0.2) is 0 Å². The molecule has 0 heterocycles. The predicted octanol–water partition coefficient (Wildman–Crippen LogP) is 3.32. The van der Waals surface area contributed by atoms with Crippen molar-refractivity contribution in [2.24, 2.45) is 5.73 Å². The summed E-state index contributed by atoms with van der Waals surface area (Å²) in [6, 6.07) is 4.05. The van der Waals surface area contributed by atoms with Crippen LogP contribution in [0.15, 0.2) is 16.6 Å². The van der Waals surface area contributed by atoms with E-state index in [9.17, 15) is 4.79 Å². The maximum Gasteiger partial charge on any atom is 0.303 e. The molecule has 1 aromatic carbocycles. The molecule has 0 saturated heterocycles. The van der Waals surface area contributed by atoms with Gasteiger partial charge in [0.05, 0.1) is 0 Å². The first kappa shape index (κ1) is 14.2. The van der Waals surface area contributed by atoms with E-state index in [1.54, 1.807) is 0 Å². The average Bonchev–Trinajstić information content (AvgIpc) is 2.22. The number of aryl methyl sites for hydroxylation is 2. The largest absolute Gasteiger partial charge is 0.481 e. The fourth-order valence-corrected chi connectivity index (χ4v) is 2.29. The van der Waals surface area contributed by atoms with Crippen molar-refractivity contribution in [3.63, 3.8) is 0 Å². The molecule has 0 aromatic heterocycles. The lowest BCUT2D eigenvalue weighted by molar-refractivity contribution is -0.137. The SMILES string of the molecule is Cc1cc(C(N)CCCC(=O)O)c(C)cc1Br. The molecule has 1 rings (SSSR count). The molecule has 94 valence electrons. The highest BCUT2D eigenvalue weighted by molar-refractivity contribution is 9.10. The van der Waals surface area contributed by atoms with Crippen LogP contribution in [-0.2, 0) is 4.79 Å². The minimum Gasteiger partial charge on any atom is -0.481 e. The van der Waals surface area contributed by atoms with Gasteiger partial charge in [0.1, 0.15) is 0 Å². The first-order valence-corrected chi connectivity index (χ1v) is 6.45. The van der Waals surface area contributed by atoms with Crippen LogP contribution in [0.3, 0.4) is 0 Å². The van der Waals surface area contributed by atoms with Gasteiger partial charge in [-0.3, -0.25) is 4.79 Å². The van der Waals surface area contributed by atoms with Gasteiger partial charge in [0.2, 0.25) is 0 Å². The molecule has 1 aromatic rings. The molecule has 0 radical (unpaired) electrons. The number of halogens is 1. The predicted molar refractivity (Wildman–Crippen MR) is 72.0 cm³/mol. The van der Waals surface area contributed by atoms with Crippen LogP contribution in [0.25, 0.3) is 0 Å². The normalized spacial score (nSPS) is 12.5. The van der Waals surface area contributed by atoms with E-state index in [-0.39, 0.29) is 12.5 Å². The summed E-state index contributed by atoms with van der Waals surface area (Å²) in [4.78, 5) is 10.4. The zero-order valence-corrected chi connectivity index (χ0v) is 11.8. The lowest BCUT2D eigenvalue weighted by atomic mass is 9.96. The van der Waals surface area contributed by atoms with Crippen molar-refractivity contribution in [1.82, 2.24) is 0 Å². The summed E-state index contributed by atoms with van der Waals surface area (Å²) in [6.45, 7) is 4.05. The maximum atomic E-state index is 10.4. The van der Waals surface area contributed by atoms with Crippen molar-refractivity contribution in [2.45, 2.75) is 39.2 Å². The van der Waals surface area contributed by atoms with E-state index in [1.807, 2.05) is 13.8 Å². The fourth-order valence-electron chi connectivity index (χ4n) is 1.83. The summed E-state index contributed by atoms with van der Waals surface area (Å²) >= 11 is 3.48. The number of benzene rings is 1. The van der Waals surface area contributed by atoms with Crippen LogP contribution in [-0.4, -0.2) is 11.1 Å². The molecular formula is C13H18BrNO2. The minimum absolute atomic E-state index is 0.0823. The Hall–Kier alpha value is -0.870. The van der Waals surface area contributed by atoms with Gasteiger partial charge in [-0.25, -0.2) is 0 Å². The van der Waals surface area contributed by atoms with Gasteiger partial charge in [-0.15, -0.1) is 0 Å². The Balaban J connectivity index is 2.71. The fraction of sp³-hybridized carbons (Fsp3) is 0.462. The third-order valence-corrected chi connectivity index (χ3v) is 3.71. The number of carbonyl (C=O) groups is 1. The second-order valence-corrected chi connectivity index (χ2v) is 5.20. The lowest BCUT2D eigenvalue weighted by Gasteiger charge is -2.16. The van der Waals surface area contributed by atoms with Gasteiger partial charge in [-0.2, -0.15) is 0 Å². The zero-order valence-electron chi connectivity index (χ0n) is 10.2. The number of hydrogen-bond donors (Lipinski definition) is 2. The van der Waals surface area contributed by atoms with Crippen molar-refractivity contribution in [3.8, 4) is 0 Å². The molecule has 0 saturated carbocycles. The van der Waals surface area contributed by atoms with Crippen molar-refractivity contribution in [1.29, 1.82) is 0 Å². The molecule has 1 atom stereocenters. The third-order valence-electron chi connectivity index (χ3n) is 2.85. The average molecular weight is 300 g/mol. The molecule has 0 aliphatic carbocycles. The minimum atomic E-state index is -0.763. The molecule has 0 spiro atoms. The quantitative estimate of drug-likeness (QED) is 0.876. The Morgan fingerprint density at radius 2 is 2.06 bits per heavy atom. The smallest absolute Gasteiger partial charge is 0.303 e. The molecule has 0 bridgehead atoms. The summed E-state index contributed by atoms with van der Waals surface area (Å²) in [6.07, 6.45) is 1.50. The summed E-state index contributed by atoms with van der Waals surface area (Å²) in [5.41, 5.74) is 9.50. The molecular weight excluding hydrogens is 282 g/mol. The van der Waals surface area contributed by atoms with Crippen molar-refractivity contribution >= 4 is 21.9 Å². The molecule has 0 aliphatic rings. The Labute approximate surface area is 110 Å². The van der Waals surface area contributed by atoms with E-state index in [0.29, 0.717) is 12.8 Å². The van der Waals surface area contributed by atoms with Crippen molar-refractivity contribution in [2.75, 3.05) is 0 Å². The molecule has 0 aliphatic heterocycles. The number of carboxylic acids is 1. The number of aliphatic carboxylic acids is 1.